The van der Waals surface area contributed by atoms with E-state index in [2.05, 4.69) is 103 Å². The highest BCUT2D eigenvalue weighted by Crippen LogP contribution is 2.51. The topological polar surface area (TPSA) is 43.1 Å². The molecule has 0 heterocycles. The number of rotatable bonds is 3. The summed E-state index contributed by atoms with van der Waals surface area (Å²) in [5.41, 5.74) is 3.81. The number of nitrogens with two attached hydrogens (primary N) is 1. The fourth-order valence-electron chi connectivity index (χ4n) is 2.63. The molecule has 2 N–H and O–H groups in total. The van der Waals surface area contributed by atoms with Crippen molar-refractivity contribution in [2.45, 2.75) is 6.18 Å². The van der Waals surface area contributed by atoms with Crippen molar-refractivity contribution in [3.63, 3.8) is 0 Å². The van der Waals surface area contributed by atoms with Gasteiger partial charge in [-0.1, -0.05) is 54.6 Å². The lowest BCUT2D eigenvalue weighted by Crippen LogP contribution is -3.00. The van der Waals surface area contributed by atoms with Crippen LogP contribution in [-0.2, 0) is 4.79 Å². The number of alkyl halides is 3. The summed E-state index contributed by atoms with van der Waals surface area (Å²) in [5.74, 6) is -2.26. The smallest absolute Gasteiger partial charge is 0.470 e. The summed E-state index contributed by atoms with van der Waals surface area (Å²) in [4.78, 5) is 9.12. The summed E-state index contributed by atoms with van der Waals surface area (Å²) in [5, 5.41) is 4.28. The number of hydrogen-bond acceptors (Lipinski definition) is 1. The number of primary amides is 1. The minimum atomic E-state index is -4.86. The molecule has 7 heteroatoms. The summed E-state index contributed by atoms with van der Waals surface area (Å²) in [6.07, 6.45) is -4.86. The Morgan fingerprint density at radius 1 is 0.714 bits per heavy atom. The lowest BCUT2D eigenvalue weighted by Gasteiger charge is -2.22. The van der Waals surface area contributed by atoms with Gasteiger partial charge in [0.05, 0.1) is 6.66 Å². The number of halogens is 4. The first-order valence-electron chi connectivity index (χ1n) is 8.16. The molecule has 0 aliphatic rings. The van der Waals surface area contributed by atoms with E-state index < -0.39 is 19.3 Å². The highest BCUT2D eigenvalue weighted by molar-refractivity contribution is 7.95. The fraction of sp³-hybridized carbons (Fsp3) is 0.0952. The molecule has 0 bridgehead atoms. The normalized spacial score (nSPS) is 10.9. The SMILES string of the molecule is C[P+](c1ccccc1)(c1ccccc1)c1ccccc1.NC(=O)C(F)(F)F.[Br-]. The maximum atomic E-state index is 10.7. The van der Waals surface area contributed by atoms with E-state index in [1.807, 2.05) is 0 Å². The summed E-state index contributed by atoms with van der Waals surface area (Å²) in [7, 11) is -1.53. The fourth-order valence-corrected chi connectivity index (χ4v) is 5.83. The van der Waals surface area contributed by atoms with Crippen molar-refractivity contribution in [1.82, 2.24) is 0 Å². The molecule has 0 saturated carbocycles. The number of benzene rings is 3. The summed E-state index contributed by atoms with van der Waals surface area (Å²) >= 11 is 0. The van der Waals surface area contributed by atoms with Crippen LogP contribution in [0.1, 0.15) is 0 Å². The predicted molar refractivity (Wildman–Crippen MR) is 106 cm³/mol. The minimum absolute atomic E-state index is 0. The molecule has 0 radical (unpaired) electrons. The molecule has 0 saturated heterocycles. The first kappa shape index (κ1) is 23.9. The van der Waals surface area contributed by atoms with Gasteiger partial charge in [-0.05, 0) is 36.4 Å². The van der Waals surface area contributed by atoms with Crippen LogP contribution in [0.3, 0.4) is 0 Å². The molecule has 148 valence electrons. The first-order valence-corrected chi connectivity index (χ1v) is 10.4. The third kappa shape index (κ3) is 5.91. The lowest BCUT2D eigenvalue weighted by atomic mass is 10.4. The number of carbonyl (C=O) groups excluding carboxylic acids is 1. The number of hydrogen-bond donors (Lipinski definition) is 1. The molecule has 3 aromatic carbocycles. The quantitative estimate of drug-likeness (QED) is 0.562. The van der Waals surface area contributed by atoms with Gasteiger partial charge in [0.2, 0.25) is 0 Å². The Balaban J connectivity index is 0.000000425. The molecular formula is C21H20BrF3NOP. The van der Waals surface area contributed by atoms with Crippen molar-refractivity contribution in [3.8, 4) is 0 Å². The van der Waals surface area contributed by atoms with E-state index in [0.717, 1.165) is 0 Å². The van der Waals surface area contributed by atoms with Crippen LogP contribution < -0.4 is 38.6 Å². The third-order valence-corrected chi connectivity index (χ3v) is 8.09. The summed E-state index contributed by atoms with van der Waals surface area (Å²) in [6.45, 7) is 2.41. The van der Waals surface area contributed by atoms with Crippen LogP contribution in [0.4, 0.5) is 13.2 Å². The van der Waals surface area contributed by atoms with Gasteiger partial charge in [-0.25, -0.2) is 0 Å². The van der Waals surface area contributed by atoms with E-state index in [1.165, 1.54) is 15.9 Å². The molecule has 0 aliphatic heterocycles. The largest absolute Gasteiger partial charge is 1.00 e. The number of carbonyl (C=O) groups is 1. The van der Waals surface area contributed by atoms with Gasteiger partial charge in [0.25, 0.3) is 0 Å². The van der Waals surface area contributed by atoms with Gasteiger partial charge in [-0.2, -0.15) is 13.2 Å². The van der Waals surface area contributed by atoms with Crippen molar-refractivity contribution in [3.05, 3.63) is 91.0 Å². The molecule has 2 nitrogen and oxygen atoms in total. The van der Waals surface area contributed by atoms with E-state index in [-0.39, 0.29) is 17.0 Å². The van der Waals surface area contributed by atoms with Gasteiger partial charge in [0.1, 0.15) is 23.2 Å². The Labute approximate surface area is 173 Å². The van der Waals surface area contributed by atoms with Crippen molar-refractivity contribution in [2.75, 3.05) is 6.66 Å². The Hall–Kier alpha value is -2.17. The summed E-state index contributed by atoms with van der Waals surface area (Å²) in [6, 6.07) is 32.6. The van der Waals surface area contributed by atoms with Gasteiger partial charge in [-0.3, -0.25) is 4.79 Å². The number of amides is 1. The van der Waals surface area contributed by atoms with Crippen molar-refractivity contribution < 1.29 is 34.9 Å². The average molecular weight is 470 g/mol. The van der Waals surface area contributed by atoms with E-state index >= 15 is 0 Å². The molecule has 1 amide bonds. The molecule has 3 aromatic rings. The van der Waals surface area contributed by atoms with E-state index in [0.29, 0.717) is 0 Å². The Kier molecular flexibility index (Phi) is 8.86. The minimum Gasteiger partial charge on any atom is -1.00 e. The van der Waals surface area contributed by atoms with Crippen LogP contribution in [0.25, 0.3) is 0 Å². The van der Waals surface area contributed by atoms with Crippen LogP contribution in [0.15, 0.2) is 91.0 Å². The molecule has 0 aliphatic carbocycles. The van der Waals surface area contributed by atoms with Crippen molar-refractivity contribution in [1.29, 1.82) is 0 Å². The van der Waals surface area contributed by atoms with E-state index in [1.54, 1.807) is 0 Å². The molecule has 0 atom stereocenters. The second kappa shape index (κ2) is 10.4. The van der Waals surface area contributed by atoms with Crippen LogP contribution >= 0.6 is 7.26 Å². The van der Waals surface area contributed by atoms with Gasteiger partial charge in [0, 0.05) is 0 Å². The molecule has 0 fully saturated rings. The second-order valence-corrected chi connectivity index (χ2v) is 9.44. The molecule has 0 spiro atoms. The predicted octanol–water partition coefficient (Wildman–Crippen LogP) is 0.648. The van der Waals surface area contributed by atoms with E-state index in [9.17, 15) is 13.2 Å². The van der Waals surface area contributed by atoms with E-state index in [4.69, 9.17) is 4.79 Å². The summed E-state index contributed by atoms with van der Waals surface area (Å²) < 4.78 is 32.1. The molecule has 28 heavy (non-hydrogen) atoms. The zero-order chi connectivity index (χ0) is 19.9. The first-order chi connectivity index (χ1) is 12.8. The Bertz CT molecular complexity index is 762. The van der Waals surface area contributed by atoms with Gasteiger partial charge in [0.15, 0.2) is 0 Å². The van der Waals surface area contributed by atoms with Crippen LogP contribution in [0.5, 0.6) is 0 Å². The van der Waals surface area contributed by atoms with Crippen LogP contribution in [-0.4, -0.2) is 18.7 Å². The average Bonchev–Trinajstić information content (AvgIpc) is 2.69. The van der Waals surface area contributed by atoms with Crippen molar-refractivity contribution in [2.24, 2.45) is 5.73 Å². The van der Waals surface area contributed by atoms with Gasteiger partial charge in [-0.15, -0.1) is 0 Å². The lowest BCUT2D eigenvalue weighted by molar-refractivity contribution is -0.169. The third-order valence-electron chi connectivity index (χ3n) is 4.10. The van der Waals surface area contributed by atoms with Crippen LogP contribution in [0.2, 0.25) is 0 Å². The van der Waals surface area contributed by atoms with Gasteiger partial charge < -0.3 is 22.7 Å². The maximum Gasteiger partial charge on any atom is 0.470 e. The zero-order valence-corrected chi connectivity index (χ0v) is 17.6. The highest BCUT2D eigenvalue weighted by Gasteiger charge is 2.39. The molecule has 0 aromatic heterocycles. The Morgan fingerprint density at radius 2 is 0.929 bits per heavy atom. The standard InChI is InChI=1S/C19H18P.C2H2F3NO.BrH/c1-20(17-11-5-2-6-12-17,18-13-7-3-8-14-18)19-15-9-4-10-16-19;3-2(4,5)1(6)7;/h2-16H,1H3;(H2,6,7);1H/q+1;;/p-1. The molecule has 3 rings (SSSR count). The second-order valence-electron chi connectivity index (χ2n) is 5.87. The molecular weight excluding hydrogens is 450 g/mol. The molecule has 0 unspecified atom stereocenters. The highest BCUT2D eigenvalue weighted by atomic mass is 79.9. The van der Waals surface area contributed by atoms with Gasteiger partial charge >= 0.3 is 12.1 Å². The Morgan fingerprint density at radius 3 is 1.11 bits per heavy atom. The zero-order valence-electron chi connectivity index (χ0n) is 15.1. The maximum absolute atomic E-state index is 10.7. The van der Waals surface area contributed by atoms with Crippen molar-refractivity contribution >= 4 is 29.1 Å². The monoisotopic (exact) mass is 469 g/mol. The van der Waals surface area contributed by atoms with Crippen LogP contribution in [0, 0.1) is 0 Å².